The van der Waals surface area contributed by atoms with E-state index in [9.17, 15) is 9.59 Å². The highest BCUT2D eigenvalue weighted by Gasteiger charge is 2.66. The Morgan fingerprint density at radius 3 is 2.93 bits per heavy atom. The van der Waals surface area contributed by atoms with Crippen LogP contribution in [0.25, 0.3) is 0 Å². The first-order chi connectivity index (χ1) is 13.1. The molecule has 0 spiro atoms. The molecule has 1 saturated carbocycles. The number of cyclic esters (lactones) is 1. The Bertz CT molecular complexity index is 930. The molecule has 2 bridgehead atoms. The third-order valence-electron chi connectivity index (χ3n) is 7.36. The van der Waals surface area contributed by atoms with Crippen LogP contribution in [-0.4, -0.2) is 18.2 Å². The van der Waals surface area contributed by atoms with Gasteiger partial charge in [0.05, 0.1) is 23.2 Å². The average Bonchev–Trinajstić information content (AvgIpc) is 3.41. The number of esters is 2. The van der Waals surface area contributed by atoms with E-state index in [-0.39, 0.29) is 35.8 Å². The fourth-order valence-corrected chi connectivity index (χ4v) is 5.91. The normalized spacial score (nSPS) is 44.3. The van der Waals surface area contributed by atoms with Crippen molar-refractivity contribution in [3.8, 4) is 0 Å². The Morgan fingerprint density at radius 1 is 1.19 bits per heavy atom. The van der Waals surface area contributed by atoms with Gasteiger partial charge in [-0.3, -0.25) is 4.79 Å². The van der Waals surface area contributed by atoms with Crippen LogP contribution >= 0.6 is 0 Å². The average molecular weight is 364 g/mol. The topological polar surface area (TPSA) is 61.8 Å². The van der Waals surface area contributed by atoms with Crippen LogP contribution in [0.2, 0.25) is 0 Å². The zero-order chi connectivity index (χ0) is 18.3. The Labute approximate surface area is 157 Å². The van der Waals surface area contributed by atoms with Crippen molar-refractivity contribution in [1.82, 2.24) is 0 Å². The molecule has 7 atom stereocenters. The smallest absolute Gasteiger partial charge is 0.338 e. The van der Waals surface area contributed by atoms with Crippen LogP contribution in [-0.2, 0) is 30.2 Å². The maximum Gasteiger partial charge on any atom is 0.338 e. The second-order valence-electron chi connectivity index (χ2n) is 8.52. The number of allylic oxidation sites excluding steroid dienone is 2. The van der Waals surface area contributed by atoms with Crippen molar-refractivity contribution in [3.63, 3.8) is 0 Å². The summed E-state index contributed by atoms with van der Waals surface area (Å²) in [6.07, 6.45) is 6.69. The van der Waals surface area contributed by atoms with Crippen molar-refractivity contribution in [3.05, 3.63) is 59.4 Å². The summed E-state index contributed by atoms with van der Waals surface area (Å²) in [7, 11) is 0. The van der Waals surface area contributed by atoms with Crippen LogP contribution in [0.3, 0.4) is 0 Å². The lowest BCUT2D eigenvalue weighted by Crippen LogP contribution is -2.35. The summed E-state index contributed by atoms with van der Waals surface area (Å²) >= 11 is 0. The van der Waals surface area contributed by atoms with Gasteiger partial charge in [-0.1, -0.05) is 36.4 Å². The molecule has 0 amide bonds. The largest absolute Gasteiger partial charge is 0.461 e. The number of hydrogen-bond acceptors (Lipinski definition) is 5. The molecule has 3 fully saturated rings. The minimum Gasteiger partial charge on any atom is -0.461 e. The van der Waals surface area contributed by atoms with Gasteiger partial charge in [0.1, 0.15) is 6.10 Å². The summed E-state index contributed by atoms with van der Waals surface area (Å²) in [6.45, 7) is 1.98. The second-order valence-corrected chi connectivity index (χ2v) is 8.52. The molecule has 1 aromatic rings. The number of carbonyl (C=O) groups excluding carboxylic acids is 2. The van der Waals surface area contributed by atoms with Gasteiger partial charge < -0.3 is 14.2 Å². The maximum atomic E-state index is 12.5. The molecule has 5 heteroatoms. The standard InChI is InChI=1S/C22H20O5/c1-22-13-7-6-12(8-13)17(22)20(27-21(22)24)25-10-16-15-9-11-4-2-3-5-14(11)18(15)26-19(16)23/h2-7,10,12-13,15,17-18,20H,8-9H2,1H3/t12-,13+,15?,17?,18?,20?,22+/m1/s1. The van der Waals surface area contributed by atoms with Crippen LogP contribution in [0.15, 0.2) is 48.3 Å². The van der Waals surface area contributed by atoms with E-state index in [4.69, 9.17) is 14.2 Å². The summed E-state index contributed by atoms with van der Waals surface area (Å²) in [4.78, 5) is 24.9. The predicted molar refractivity (Wildman–Crippen MR) is 93.9 cm³/mol. The van der Waals surface area contributed by atoms with Gasteiger partial charge in [0.25, 0.3) is 0 Å². The molecule has 0 radical (unpaired) electrons. The molecule has 2 saturated heterocycles. The first kappa shape index (κ1) is 15.5. The minimum atomic E-state index is -0.634. The summed E-state index contributed by atoms with van der Waals surface area (Å²) in [5, 5.41) is 0. The number of ether oxygens (including phenoxy) is 3. The van der Waals surface area contributed by atoms with Crippen LogP contribution < -0.4 is 0 Å². The van der Waals surface area contributed by atoms with E-state index in [1.54, 1.807) is 0 Å². The fourth-order valence-electron chi connectivity index (χ4n) is 5.91. The summed E-state index contributed by atoms with van der Waals surface area (Å²) in [6, 6.07) is 8.06. The number of rotatable bonds is 2. The van der Waals surface area contributed by atoms with Crippen molar-refractivity contribution < 1.29 is 23.8 Å². The second kappa shape index (κ2) is 5.03. The molecule has 138 valence electrons. The molecule has 2 heterocycles. The van der Waals surface area contributed by atoms with Crippen molar-refractivity contribution in [2.45, 2.75) is 32.2 Å². The summed E-state index contributed by atoms with van der Waals surface area (Å²) in [5.74, 6) is -0.0169. The quantitative estimate of drug-likeness (QED) is 0.349. The lowest BCUT2D eigenvalue weighted by molar-refractivity contribution is -0.161. The lowest BCUT2D eigenvalue weighted by Gasteiger charge is -2.28. The van der Waals surface area contributed by atoms with Gasteiger partial charge in [-0.15, -0.1) is 0 Å². The van der Waals surface area contributed by atoms with Crippen LogP contribution in [0.5, 0.6) is 0 Å². The molecule has 6 rings (SSSR count). The van der Waals surface area contributed by atoms with E-state index in [0.29, 0.717) is 11.5 Å². The summed E-state index contributed by atoms with van der Waals surface area (Å²) < 4.78 is 17.1. The SMILES string of the molecule is C[C@@]12C(=O)OC(OC=C3C(=O)OC4c5ccccc5CC34)C1[C@@H]1C=C[C@H]2C1. The molecule has 27 heavy (non-hydrogen) atoms. The molecule has 4 unspecified atom stereocenters. The lowest BCUT2D eigenvalue weighted by atomic mass is 9.71. The zero-order valence-corrected chi connectivity index (χ0v) is 15.0. The monoisotopic (exact) mass is 364 g/mol. The highest BCUT2D eigenvalue weighted by molar-refractivity contribution is 5.92. The van der Waals surface area contributed by atoms with E-state index < -0.39 is 11.7 Å². The number of benzene rings is 1. The molecular weight excluding hydrogens is 344 g/mol. The Hall–Kier alpha value is -2.56. The van der Waals surface area contributed by atoms with Gasteiger partial charge in [-0.2, -0.15) is 0 Å². The van der Waals surface area contributed by atoms with Gasteiger partial charge in [0.15, 0.2) is 0 Å². The molecule has 2 aliphatic heterocycles. The summed E-state index contributed by atoms with van der Waals surface area (Å²) in [5.41, 5.74) is 2.33. The predicted octanol–water partition coefficient (Wildman–Crippen LogP) is 3.07. The number of fused-ring (bicyclic) bond motifs is 8. The molecule has 5 nitrogen and oxygen atoms in total. The van der Waals surface area contributed by atoms with Crippen molar-refractivity contribution >= 4 is 11.9 Å². The van der Waals surface area contributed by atoms with Gasteiger partial charge in [-0.25, -0.2) is 4.79 Å². The third-order valence-corrected chi connectivity index (χ3v) is 7.36. The molecular formula is C22H20O5. The van der Waals surface area contributed by atoms with Crippen molar-refractivity contribution in [2.75, 3.05) is 0 Å². The molecule has 5 aliphatic rings. The van der Waals surface area contributed by atoms with E-state index in [1.807, 2.05) is 25.1 Å². The molecule has 1 aromatic carbocycles. The van der Waals surface area contributed by atoms with E-state index >= 15 is 0 Å². The van der Waals surface area contributed by atoms with E-state index in [0.717, 1.165) is 18.4 Å². The van der Waals surface area contributed by atoms with Gasteiger partial charge in [0.2, 0.25) is 6.29 Å². The van der Waals surface area contributed by atoms with E-state index in [1.165, 1.54) is 11.8 Å². The van der Waals surface area contributed by atoms with Gasteiger partial charge in [0, 0.05) is 5.92 Å². The molecule has 3 aliphatic carbocycles. The third kappa shape index (κ3) is 1.84. The van der Waals surface area contributed by atoms with Crippen molar-refractivity contribution in [2.24, 2.45) is 29.1 Å². The van der Waals surface area contributed by atoms with Crippen molar-refractivity contribution in [1.29, 1.82) is 0 Å². The fraction of sp³-hybridized carbons (Fsp3) is 0.455. The van der Waals surface area contributed by atoms with Gasteiger partial charge in [-0.05, 0) is 42.7 Å². The first-order valence-electron chi connectivity index (χ1n) is 9.61. The Kier molecular flexibility index (Phi) is 2.89. The van der Waals surface area contributed by atoms with E-state index in [2.05, 4.69) is 18.2 Å². The van der Waals surface area contributed by atoms with Gasteiger partial charge >= 0.3 is 11.9 Å². The number of carbonyl (C=O) groups is 2. The minimum absolute atomic E-state index is 0.00541. The zero-order valence-electron chi connectivity index (χ0n) is 15.0. The molecule has 0 N–H and O–H groups in total. The van der Waals surface area contributed by atoms with Crippen LogP contribution in [0, 0.1) is 29.1 Å². The highest BCUT2D eigenvalue weighted by Crippen LogP contribution is 2.61. The Balaban J connectivity index is 1.27. The molecule has 0 aromatic heterocycles. The number of hydrogen-bond donors (Lipinski definition) is 0. The van der Waals surface area contributed by atoms with Crippen LogP contribution in [0.4, 0.5) is 0 Å². The Morgan fingerprint density at radius 2 is 2.04 bits per heavy atom. The first-order valence-corrected chi connectivity index (χ1v) is 9.61. The maximum absolute atomic E-state index is 12.5. The highest BCUT2D eigenvalue weighted by atomic mass is 16.7. The van der Waals surface area contributed by atoms with Crippen LogP contribution in [0.1, 0.15) is 30.6 Å².